The molecule has 0 saturated carbocycles. The van der Waals surface area contributed by atoms with Crippen molar-refractivity contribution in [2.45, 2.75) is 20.0 Å². The summed E-state index contributed by atoms with van der Waals surface area (Å²) in [6, 6.07) is 10.6. The second-order valence-electron chi connectivity index (χ2n) is 4.61. The zero-order chi connectivity index (χ0) is 14.7. The Morgan fingerprint density at radius 2 is 1.90 bits per heavy atom. The first kappa shape index (κ1) is 14.5. The molecule has 0 fully saturated rings. The molecule has 0 bridgehead atoms. The van der Waals surface area contributed by atoms with Crippen molar-refractivity contribution >= 4 is 11.4 Å². The van der Waals surface area contributed by atoms with E-state index in [9.17, 15) is 13.9 Å². The van der Waals surface area contributed by atoms with Crippen LogP contribution < -0.4 is 4.90 Å². The van der Waals surface area contributed by atoms with Crippen LogP contribution in [-0.4, -0.2) is 11.7 Å². The van der Waals surface area contributed by atoms with E-state index < -0.39 is 11.9 Å². The van der Waals surface area contributed by atoms with E-state index in [1.165, 1.54) is 18.2 Å². The summed E-state index contributed by atoms with van der Waals surface area (Å²) in [5.41, 5.74) is 1.47. The summed E-state index contributed by atoms with van der Waals surface area (Å²) < 4.78 is 27.5. The Balaban J connectivity index is 2.42. The van der Waals surface area contributed by atoms with Gasteiger partial charge in [0.2, 0.25) is 0 Å². The highest BCUT2D eigenvalue weighted by Gasteiger charge is 2.14. The van der Waals surface area contributed by atoms with Gasteiger partial charge in [-0.15, -0.1) is 0 Å². The van der Waals surface area contributed by atoms with E-state index in [0.29, 0.717) is 23.5 Å². The summed E-state index contributed by atoms with van der Waals surface area (Å²) in [6.45, 7) is 3.96. The van der Waals surface area contributed by atoms with Crippen molar-refractivity contribution in [2.75, 3.05) is 11.4 Å². The zero-order valence-electron chi connectivity index (χ0n) is 11.5. The van der Waals surface area contributed by atoms with Gasteiger partial charge in [0.1, 0.15) is 11.6 Å². The third kappa shape index (κ3) is 2.96. The fourth-order valence-electron chi connectivity index (χ4n) is 2.14. The van der Waals surface area contributed by atoms with Crippen LogP contribution in [-0.2, 0) is 0 Å². The minimum absolute atomic E-state index is 0.359. The lowest BCUT2D eigenvalue weighted by atomic mass is 10.1. The van der Waals surface area contributed by atoms with Crippen LogP contribution in [0.15, 0.2) is 42.5 Å². The van der Waals surface area contributed by atoms with Crippen LogP contribution in [0.3, 0.4) is 0 Å². The Labute approximate surface area is 117 Å². The third-order valence-electron chi connectivity index (χ3n) is 3.18. The number of hydrogen-bond donors (Lipinski definition) is 1. The Hall–Kier alpha value is -1.94. The molecule has 1 N–H and O–H groups in total. The van der Waals surface area contributed by atoms with Crippen LogP contribution in [0.4, 0.5) is 20.2 Å². The summed E-state index contributed by atoms with van der Waals surface area (Å²) >= 11 is 0. The van der Waals surface area contributed by atoms with Crippen LogP contribution >= 0.6 is 0 Å². The minimum atomic E-state index is -0.720. The van der Waals surface area contributed by atoms with E-state index in [-0.39, 0.29) is 5.82 Å². The molecule has 0 heterocycles. The number of halogens is 2. The van der Waals surface area contributed by atoms with Crippen molar-refractivity contribution in [3.63, 3.8) is 0 Å². The van der Waals surface area contributed by atoms with Gasteiger partial charge in [-0.25, -0.2) is 8.78 Å². The molecule has 0 aliphatic rings. The molecule has 0 aromatic heterocycles. The molecule has 106 valence electrons. The average molecular weight is 277 g/mol. The molecule has 0 aliphatic heterocycles. The molecule has 0 radical (unpaired) electrons. The standard InChI is InChI=1S/C16H17F2NO/c1-3-19(14-6-4-5-13(17)10-14)16-8-7-12(11(2)20)9-15(16)18/h4-11,20H,3H2,1-2H3. The maximum Gasteiger partial charge on any atom is 0.147 e. The second-order valence-corrected chi connectivity index (χ2v) is 4.61. The normalized spacial score (nSPS) is 12.2. The van der Waals surface area contributed by atoms with E-state index in [1.807, 2.05) is 6.92 Å². The van der Waals surface area contributed by atoms with Gasteiger partial charge in [-0.3, -0.25) is 0 Å². The van der Waals surface area contributed by atoms with Gasteiger partial charge in [0.15, 0.2) is 0 Å². The first-order valence-electron chi connectivity index (χ1n) is 6.53. The van der Waals surface area contributed by atoms with Gasteiger partial charge in [0, 0.05) is 12.2 Å². The van der Waals surface area contributed by atoms with Crippen LogP contribution in [0.5, 0.6) is 0 Å². The monoisotopic (exact) mass is 277 g/mol. The van der Waals surface area contributed by atoms with Crippen molar-refractivity contribution in [1.82, 2.24) is 0 Å². The third-order valence-corrected chi connectivity index (χ3v) is 3.18. The number of benzene rings is 2. The van der Waals surface area contributed by atoms with Gasteiger partial charge in [-0.2, -0.15) is 0 Å². The molecule has 0 aliphatic carbocycles. The lowest BCUT2D eigenvalue weighted by Crippen LogP contribution is -2.17. The van der Waals surface area contributed by atoms with Crippen molar-refractivity contribution < 1.29 is 13.9 Å². The summed E-state index contributed by atoms with van der Waals surface area (Å²) in [5.74, 6) is -0.795. The molecule has 2 aromatic rings. The van der Waals surface area contributed by atoms with E-state index in [2.05, 4.69) is 0 Å². The smallest absolute Gasteiger partial charge is 0.147 e. The molecule has 0 spiro atoms. The highest BCUT2D eigenvalue weighted by Crippen LogP contribution is 2.29. The van der Waals surface area contributed by atoms with Gasteiger partial charge >= 0.3 is 0 Å². The molecule has 2 aromatic carbocycles. The van der Waals surface area contributed by atoms with Crippen molar-refractivity contribution in [1.29, 1.82) is 0 Å². The Bertz CT molecular complexity index is 599. The van der Waals surface area contributed by atoms with Crippen LogP contribution in [0, 0.1) is 11.6 Å². The molecule has 0 saturated heterocycles. The van der Waals surface area contributed by atoms with Crippen LogP contribution in [0.2, 0.25) is 0 Å². The van der Waals surface area contributed by atoms with Gasteiger partial charge in [0.05, 0.1) is 11.8 Å². The minimum Gasteiger partial charge on any atom is -0.389 e. The summed E-state index contributed by atoms with van der Waals surface area (Å²) in [7, 11) is 0. The number of anilines is 2. The summed E-state index contributed by atoms with van der Waals surface area (Å²) in [6.07, 6.45) is -0.720. The molecular weight excluding hydrogens is 260 g/mol. The van der Waals surface area contributed by atoms with Gasteiger partial charge in [0.25, 0.3) is 0 Å². The maximum absolute atomic E-state index is 14.2. The SMILES string of the molecule is CCN(c1cccc(F)c1)c1ccc(C(C)O)cc1F. The number of aliphatic hydroxyl groups excluding tert-OH is 1. The first-order chi connectivity index (χ1) is 9.52. The maximum atomic E-state index is 14.2. The van der Waals surface area contributed by atoms with E-state index in [4.69, 9.17) is 0 Å². The lowest BCUT2D eigenvalue weighted by Gasteiger charge is -2.24. The topological polar surface area (TPSA) is 23.5 Å². The second kappa shape index (κ2) is 6.01. The number of hydrogen-bond acceptors (Lipinski definition) is 2. The molecule has 1 unspecified atom stereocenters. The number of nitrogens with zero attached hydrogens (tertiary/aromatic N) is 1. The van der Waals surface area contributed by atoms with E-state index in [0.717, 1.165) is 0 Å². The first-order valence-corrected chi connectivity index (χ1v) is 6.53. The van der Waals surface area contributed by atoms with Gasteiger partial charge in [-0.1, -0.05) is 12.1 Å². The highest BCUT2D eigenvalue weighted by atomic mass is 19.1. The van der Waals surface area contributed by atoms with Crippen LogP contribution in [0.1, 0.15) is 25.5 Å². The Morgan fingerprint density at radius 1 is 1.15 bits per heavy atom. The average Bonchev–Trinajstić information content (AvgIpc) is 2.41. The van der Waals surface area contributed by atoms with Crippen molar-refractivity contribution in [3.8, 4) is 0 Å². The van der Waals surface area contributed by atoms with Gasteiger partial charge in [-0.05, 0) is 49.7 Å². The predicted molar refractivity (Wildman–Crippen MR) is 76.1 cm³/mol. The Kier molecular flexibility index (Phi) is 4.35. The molecule has 20 heavy (non-hydrogen) atoms. The highest BCUT2D eigenvalue weighted by molar-refractivity contribution is 5.64. The fourth-order valence-corrected chi connectivity index (χ4v) is 2.14. The van der Waals surface area contributed by atoms with E-state index >= 15 is 0 Å². The molecule has 2 nitrogen and oxygen atoms in total. The summed E-state index contributed by atoms with van der Waals surface area (Å²) in [4.78, 5) is 1.68. The lowest BCUT2D eigenvalue weighted by molar-refractivity contribution is 0.199. The fraction of sp³-hybridized carbons (Fsp3) is 0.250. The molecule has 0 amide bonds. The summed E-state index contributed by atoms with van der Waals surface area (Å²) in [5, 5.41) is 9.46. The predicted octanol–water partition coefficient (Wildman–Crippen LogP) is 4.18. The van der Waals surface area contributed by atoms with E-state index in [1.54, 1.807) is 36.1 Å². The number of rotatable bonds is 4. The molecule has 4 heteroatoms. The van der Waals surface area contributed by atoms with Gasteiger partial charge < -0.3 is 10.0 Å². The molecule has 1 atom stereocenters. The van der Waals surface area contributed by atoms with Crippen molar-refractivity contribution in [2.24, 2.45) is 0 Å². The largest absolute Gasteiger partial charge is 0.389 e. The van der Waals surface area contributed by atoms with Crippen molar-refractivity contribution in [3.05, 3.63) is 59.7 Å². The van der Waals surface area contributed by atoms with Crippen LogP contribution in [0.25, 0.3) is 0 Å². The Morgan fingerprint density at radius 3 is 2.45 bits per heavy atom. The quantitative estimate of drug-likeness (QED) is 0.906. The zero-order valence-corrected chi connectivity index (χ0v) is 11.5. The molecular formula is C16H17F2NO. The molecule has 2 rings (SSSR count). The number of aliphatic hydroxyl groups is 1.